The van der Waals surface area contributed by atoms with Crippen LogP contribution in [0.1, 0.15) is 18.4 Å². The Kier molecular flexibility index (Phi) is 5.38. The van der Waals surface area contributed by atoms with Crippen molar-refractivity contribution in [2.24, 2.45) is 5.73 Å². The minimum absolute atomic E-state index is 0.166. The van der Waals surface area contributed by atoms with Crippen molar-refractivity contribution >= 4 is 22.5 Å². The van der Waals surface area contributed by atoms with Gasteiger partial charge in [0.05, 0.1) is 23.9 Å². The Morgan fingerprint density at radius 2 is 1.97 bits per heavy atom. The summed E-state index contributed by atoms with van der Waals surface area (Å²) in [5, 5.41) is 0. The van der Waals surface area contributed by atoms with Crippen LogP contribution in [0.15, 0.2) is 42.6 Å². The van der Waals surface area contributed by atoms with Crippen LogP contribution in [0.2, 0.25) is 0 Å². The Labute approximate surface area is 191 Å². The quantitative estimate of drug-likeness (QED) is 0.433. The molecule has 1 aliphatic rings. The molecule has 33 heavy (non-hydrogen) atoms. The number of rotatable bonds is 4. The second-order valence-electron chi connectivity index (χ2n) is 8.56. The number of anilines is 2. The molecule has 3 heterocycles. The highest BCUT2D eigenvalue weighted by Gasteiger charge is 2.27. The molecule has 0 radical (unpaired) electrons. The molecule has 4 aromatic rings. The number of imidazole rings is 1. The number of para-hydroxylation sites is 1. The fourth-order valence-electron chi connectivity index (χ4n) is 4.59. The first kappa shape index (κ1) is 21.2. The fraction of sp³-hybridized carbons (Fsp3) is 0.280. The van der Waals surface area contributed by atoms with E-state index in [4.69, 9.17) is 21.2 Å². The van der Waals surface area contributed by atoms with Crippen LogP contribution in [0, 0.1) is 12.7 Å². The molecular weight excluding hydrogens is 419 g/mol. The van der Waals surface area contributed by atoms with Crippen molar-refractivity contribution in [3.8, 4) is 28.3 Å². The lowest BCUT2D eigenvalue weighted by molar-refractivity contribution is 0.419. The van der Waals surface area contributed by atoms with E-state index in [0.29, 0.717) is 28.5 Å². The van der Waals surface area contributed by atoms with E-state index in [1.165, 1.54) is 12.1 Å². The first-order valence-electron chi connectivity index (χ1n) is 11.0. The van der Waals surface area contributed by atoms with Gasteiger partial charge in [-0.15, -0.1) is 0 Å². The van der Waals surface area contributed by atoms with Gasteiger partial charge in [-0.25, -0.2) is 14.4 Å². The predicted molar refractivity (Wildman–Crippen MR) is 130 cm³/mol. The number of methoxy groups -OCH3 is 1. The van der Waals surface area contributed by atoms with E-state index in [1.54, 1.807) is 13.3 Å². The first-order valence-corrected chi connectivity index (χ1v) is 11.0. The number of ether oxygens (including phenoxy) is 1. The Bertz CT molecular complexity index is 1310. The van der Waals surface area contributed by atoms with Gasteiger partial charge >= 0.3 is 0 Å². The van der Waals surface area contributed by atoms with Gasteiger partial charge in [0.1, 0.15) is 28.7 Å². The van der Waals surface area contributed by atoms with E-state index in [2.05, 4.69) is 14.9 Å². The topological polar surface area (TPSA) is 106 Å². The summed E-state index contributed by atoms with van der Waals surface area (Å²) in [7, 11) is 1.62. The average Bonchev–Trinajstić information content (AvgIpc) is 3.22. The number of fused-ring (bicyclic) bond motifs is 1. The van der Waals surface area contributed by atoms with Crippen LogP contribution < -0.4 is 21.1 Å². The molecule has 5 N–H and O–H groups in total. The molecule has 2 aromatic carbocycles. The molecule has 0 unspecified atom stereocenters. The molecule has 5 rings (SSSR count). The highest BCUT2D eigenvalue weighted by Crippen LogP contribution is 2.43. The number of H-pyrrole nitrogens is 1. The van der Waals surface area contributed by atoms with Crippen molar-refractivity contribution in [3.05, 3.63) is 54.0 Å². The maximum atomic E-state index is 14.4. The zero-order valence-electron chi connectivity index (χ0n) is 18.7. The van der Waals surface area contributed by atoms with Crippen molar-refractivity contribution in [1.82, 2.24) is 15.0 Å². The van der Waals surface area contributed by atoms with E-state index in [9.17, 15) is 4.39 Å². The minimum Gasteiger partial charge on any atom is -0.494 e. The number of nitrogen functional groups attached to an aromatic ring is 1. The van der Waals surface area contributed by atoms with Gasteiger partial charge in [0.15, 0.2) is 0 Å². The van der Waals surface area contributed by atoms with E-state index in [0.717, 1.165) is 53.8 Å². The van der Waals surface area contributed by atoms with Crippen molar-refractivity contribution < 1.29 is 9.13 Å². The Morgan fingerprint density at radius 1 is 1.18 bits per heavy atom. The number of aromatic amines is 1. The van der Waals surface area contributed by atoms with Gasteiger partial charge in [0.25, 0.3) is 0 Å². The largest absolute Gasteiger partial charge is 0.494 e. The predicted octanol–water partition coefficient (Wildman–Crippen LogP) is 4.26. The van der Waals surface area contributed by atoms with Crippen LogP contribution in [-0.2, 0) is 0 Å². The van der Waals surface area contributed by atoms with Crippen LogP contribution >= 0.6 is 0 Å². The maximum absolute atomic E-state index is 14.4. The van der Waals surface area contributed by atoms with Crippen molar-refractivity contribution in [1.29, 1.82) is 0 Å². The van der Waals surface area contributed by atoms with E-state index in [-0.39, 0.29) is 11.9 Å². The first-order chi connectivity index (χ1) is 15.9. The molecular formula is C25H27FN6O. The van der Waals surface area contributed by atoms with E-state index >= 15 is 0 Å². The number of aryl methyl sites for hydroxylation is 1. The Morgan fingerprint density at radius 3 is 2.70 bits per heavy atom. The monoisotopic (exact) mass is 446 g/mol. The standard InChI is InChI=1S/C25H27FN6O/c1-14-10-15(12-16(26)11-14)18-13-29-24(28)21(23(18)32-8-6-17(27)7-9-32)25-30-19-4-3-5-20(33-2)22(19)31-25/h3-5,10-13,17H,6-9,27H2,1-2H3,(H2,28,29)(H,30,31). The molecule has 0 spiro atoms. The molecule has 0 saturated carbocycles. The molecule has 0 bridgehead atoms. The molecule has 1 aliphatic heterocycles. The number of aromatic nitrogens is 3. The number of nitrogens with zero attached hydrogens (tertiary/aromatic N) is 3. The maximum Gasteiger partial charge on any atom is 0.146 e. The lowest BCUT2D eigenvalue weighted by atomic mass is 9.97. The number of benzene rings is 2. The number of hydrogen-bond donors (Lipinski definition) is 3. The van der Waals surface area contributed by atoms with Crippen LogP contribution in [-0.4, -0.2) is 41.2 Å². The molecule has 0 atom stereocenters. The number of nitrogens with one attached hydrogen (secondary N) is 1. The lowest BCUT2D eigenvalue weighted by Gasteiger charge is -2.34. The molecule has 2 aromatic heterocycles. The van der Waals surface area contributed by atoms with E-state index < -0.39 is 0 Å². The van der Waals surface area contributed by atoms with Crippen LogP contribution in [0.5, 0.6) is 5.75 Å². The average molecular weight is 447 g/mol. The molecule has 7 nitrogen and oxygen atoms in total. The summed E-state index contributed by atoms with van der Waals surface area (Å²) >= 11 is 0. The summed E-state index contributed by atoms with van der Waals surface area (Å²) in [6.45, 7) is 3.41. The smallest absolute Gasteiger partial charge is 0.146 e. The molecule has 0 aliphatic carbocycles. The zero-order valence-corrected chi connectivity index (χ0v) is 18.7. The lowest BCUT2D eigenvalue weighted by Crippen LogP contribution is -2.40. The van der Waals surface area contributed by atoms with Crippen molar-refractivity contribution in [2.75, 3.05) is 30.8 Å². The number of piperidine rings is 1. The summed E-state index contributed by atoms with van der Waals surface area (Å²) in [5.74, 6) is 1.33. The minimum atomic E-state index is -0.288. The molecule has 8 heteroatoms. The fourth-order valence-corrected chi connectivity index (χ4v) is 4.59. The summed E-state index contributed by atoms with van der Waals surface area (Å²) in [5.41, 5.74) is 18.2. The Balaban J connectivity index is 1.77. The summed E-state index contributed by atoms with van der Waals surface area (Å²) in [6.07, 6.45) is 3.44. The second kappa shape index (κ2) is 8.37. The van der Waals surface area contributed by atoms with Gasteiger partial charge in [-0.1, -0.05) is 12.1 Å². The second-order valence-corrected chi connectivity index (χ2v) is 8.56. The van der Waals surface area contributed by atoms with Crippen LogP contribution in [0.4, 0.5) is 15.9 Å². The molecule has 1 fully saturated rings. The summed E-state index contributed by atoms with van der Waals surface area (Å²) < 4.78 is 19.8. The summed E-state index contributed by atoms with van der Waals surface area (Å²) in [6, 6.07) is 10.9. The van der Waals surface area contributed by atoms with Crippen molar-refractivity contribution in [2.45, 2.75) is 25.8 Å². The van der Waals surface area contributed by atoms with Crippen LogP contribution in [0.3, 0.4) is 0 Å². The summed E-state index contributed by atoms with van der Waals surface area (Å²) in [4.78, 5) is 15.0. The third kappa shape index (κ3) is 3.87. The molecule has 0 amide bonds. The molecule has 170 valence electrons. The van der Waals surface area contributed by atoms with Gasteiger partial charge in [-0.3, -0.25) is 0 Å². The highest BCUT2D eigenvalue weighted by molar-refractivity contribution is 5.96. The van der Waals surface area contributed by atoms with Gasteiger partial charge in [-0.05, 0) is 55.2 Å². The SMILES string of the molecule is COc1cccc2[nH]c(-c3c(N)ncc(-c4cc(C)cc(F)c4)c3N3CCC(N)CC3)nc12. The van der Waals surface area contributed by atoms with Crippen LogP contribution in [0.25, 0.3) is 33.5 Å². The number of pyridine rings is 1. The number of halogens is 1. The molecule has 1 saturated heterocycles. The third-order valence-electron chi connectivity index (χ3n) is 6.22. The van der Waals surface area contributed by atoms with Gasteiger partial charge in [-0.2, -0.15) is 0 Å². The van der Waals surface area contributed by atoms with E-state index in [1.807, 2.05) is 31.2 Å². The zero-order chi connectivity index (χ0) is 23.1. The van der Waals surface area contributed by atoms with Gasteiger partial charge in [0.2, 0.25) is 0 Å². The Hall–Kier alpha value is -3.65. The van der Waals surface area contributed by atoms with Gasteiger partial charge in [0, 0.05) is 30.9 Å². The van der Waals surface area contributed by atoms with Crippen molar-refractivity contribution in [3.63, 3.8) is 0 Å². The number of nitrogens with two attached hydrogens (primary N) is 2. The number of hydrogen-bond acceptors (Lipinski definition) is 6. The highest BCUT2D eigenvalue weighted by atomic mass is 19.1. The third-order valence-corrected chi connectivity index (χ3v) is 6.22. The van der Waals surface area contributed by atoms with Gasteiger partial charge < -0.3 is 26.1 Å². The normalized spacial score (nSPS) is 14.7.